The lowest BCUT2D eigenvalue weighted by molar-refractivity contribution is 0.325. The summed E-state index contributed by atoms with van der Waals surface area (Å²) < 4.78 is 2.61. The summed E-state index contributed by atoms with van der Waals surface area (Å²) in [5.41, 5.74) is 5.99. The Morgan fingerprint density at radius 2 is 1.38 bits per heavy atom. The summed E-state index contributed by atoms with van der Waals surface area (Å²) in [4.78, 5) is 12.1. The number of allylic oxidation sites excluding steroid dienone is 4. The van der Waals surface area contributed by atoms with Gasteiger partial charge in [0, 0.05) is 35.7 Å². The van der Waals surface area contributed by atoms with Crippen molar-refractivity contribution < 1.29 is 0 Å². The lowest BCUT2D eigenvalue weighted by Crippen LogP contribution is -2.35. The molecule has 7 heteroatoms. The lowest BCUT2D eigenvalue weighted by Gasteiger charge is -2.42. The fraction of sp³-hybridized carbons (Fsp3) is 0.375. The molecule has 2 spiro atoms. The van der Waals surface area contributed by atoms with E-state index >= 15 is 0 Å². The van der Waals surface area contributed by atoms with Crippen LogP contribution in [0.25, 0.3) is 41.0 Å². The third-order valence-electron chi connectivity index (χ3n) is 9.26. The van der Waals surface area contributed by atoms with Crippen molar-refractivity contribution in [2.75, 3.05) is 0 Å². The SMILES string of the molecule is [C-]#[N+]/C(C#N)=C\c1cc2sc3c(c2s1)C1(CCCCC1)c1c-3sc2c1C1(CCCCC1)C(/C=C(\C#N)[N+]#[C-])=C2. The van der Waals surface area contributed by atoms with E-state index in [0.717, 1.165) is 30.6 Å². The van der Waals surface area contributed by atoms with Crippen molar-refractivity contribution in [3.63, 3.8) is 0 Å². The summed E-state index contributed by atoms with van der Waals surface area (Å²) in [6.45, 7) is 14.8. The molecule has 2 fully saturated rings. The molecule has 7 rings (SSSR count). The van der Waals surface area contributed by atoms with Gasteiger partial charge in [0.05, 0.1) is 34.9 Å². The minimum Gasteiger partial charge on any atom is -0.227 e. The van der Waals surface area contributed by atoms with Crippen LogP contribution in [-0.4, -0.2) is 0 Å². The molecule has 4 aliphatic carbocycles. The topological polar surface area (TPSA) is 56.3 Å². The number of nitrogens with zero attached hydrogens (tertiary/aromatic N) is 4. The Labute approximate surface area is 240 Å². The maximum atomic E-state index is 9.58. The van der Waals surface area contributed by atoms with Gasteiger partial charge in [-0.2, -0.15) is 0 Å². The summed E-state index contributed by atoms with van der Waals surface area (Å²) in [5.74, 6) is 0. The molecule has 0 amide bonds. The molecule has 3 aromatic rings. The third-order valence-corrected chi connectivity index (χ3v) is 12.9. The van der Waals surface area contributed by atoms with E-state index in [0.29, 0.717) is 0 Å². The van der Waals surface area contributed by atoms with Crippen molar-refractivity contribution in [3.8, 4) is 21.9 Å². The molecular formula is C32H24N4S3. The second kappa shape index (κ2) is 9.05. The second-order valence-corrected chi connectivity index (χ2v) is 14.3. The Hall–Kier alpha value is -3.46. The normalized spacial score (nSPS) is 20.6. The van der Waals surface area contributed by atoms with Crippen molar-refractivity contribution in [2.45, 2.75) is 75.0 Å². The van der Waals surface area contributed by atoms with Gasteiger partial charge in [0.1, 0.15) is 0 Å². The Kier molecular flexibility index (Phi) is 5.70. The molecule has 0 radical (unpaired) electrons. The van der Waals surface area contributed by atoms with Crippen molar-refractivity contribution in [3.05, 3.63) is 78.4 Å². The molecule has 39 heavy (non-hydrogen) atoms. The Morgan fingerprint density at radius 1 is 0.769 bits per heavy atom. The number of hydrogen-bond donors (Lipinski definition) is 0. The average Bonchev–Trinajstić information content (AvgIpc) is 3.73. The van der Waals surface area contributed by atoms with E-state index in [1.807, 2.05) is 34.8 Å². The van der Waals surface area contributed by atoms with Crippen LogP contribution in [0.4, 0.5) is 0 Å². The summed E-state index contributed by atoms with van der Waals surface area (Å²) in [6.07, 6.45) is 17.7. The highest BCUT2D eigenvalue weighted by Gasteiger charge is 2.55. The van der Waals surface area contributed by atoms with Gasteiger partial charge in [0.2, 0.25) is 0 Å². The lowest BCUT2D eigenvalue weighted by atomic mass is 9.61. The predicted molar refractivity (Wildman–Crippen MR) is 160 cm³/mol. The highest BCUT2D eigenvalue weighted by Crippen LogP contribution is 2.69. The van der Waals surface area contributed by atoms with Crippen LogP contribution in [0.15, 0.2) is 29.1 Å². The summed E-state index contributed by atoms with van der Waals surface area (Å²) in [7, 11) is 0. The highest BCUT2D eigenvalue weighted by molar-refractivity contribution is 7.32. The average molecular weight is 561 g/mol. The van der Waals surface area contributed by atoms with Gasteiger partial charge in [0.15, 0.2) is 0 Å². The van der Waals surface area contributed by atoms with Crippen molar-refractivity contribution >= 4 is 55.6 Å². The monoisotopic (exact) mass is 560 g/mol. The van der Waals surface area contributed by atoms with Crippen molar-refractivity contribution in [1.29, 1.82) is 10.5 Å². The molecular weight excluding hydrogens is 537 g/mol. The van der Waals surface area contributed by atoms with E-state index < -0.39 is 0 Å². The van der Waals surface area contributed by atoms with E-state index in [-0.39, 0.29) is 22.2 Å². The zero-order valence-corrected chi connectivity index (χ0v) is 23.8. The first-order chi connectivity index (χ1) is 19.1. The standard InChI is InChI=1S/C32H24N4S3/c1-35-20(17-33)13-19-14-23-25(31(19)9-5-3-6-10-31)26-29(38-23)30-27(32(26)11-7-4-8-12-32)28-24(39-30)16-22(37-28)15-21(18-34)36-2/h13-16H,3-12H2/b20-13+,21-15-. The zero-order chi connectivity index (χ0) is 26.8. The highest BCUT2D eigenvalue weighted by atomic mass is 32.1. The van der Waals surface area contributed by atoms with Crippen LogP contribution in [0.1, 0.15) is 90.7 Å². The van der Waals surface area contributed by atoms with E-state index in [2.05, 4.69) is 27.9 Å². The maximum absolute atomic E-state index is 9.58. The minimum atomic E-state index is -0.0944. The fourth-order valence-electron chi connectivity index (χ4n) is 7.75. The van der Waals surface area contributed by atoms with Crippen molar-refractivity contribution in [1.82, 2.24) is 0 Å². The Bertz CT molecular complexity index is 1780. The first-order valence-electron chi connectivity index (χ1n) is 13.5. The first kappa shape index (κ1) is 24.6. The first-order valence-corrected chi connectivity index (χ1v) is 16.0. The smallest absolute Gasteiger partial charge is 0.227 e. The van der Waals surface area contributed by atoms with Gasteiger partial charge in [-0.25, -0.2) is 20.2 Å². The molecule has 0 aliphatic heterocycles. The summed E-state index contributed by atoms with van der Waals surface area (Å²) >= 11 is 5.55. The zero-order valence-electron chi connectivity index (χ0n) is 21.4. The van der Waals surface area contributed by atoms with Crippen molar-refractivity contribution in [2.24, 2.45) is 0 Å². The van der Waals surface area contributed by atoms with Crippen LogP contribution in [0.2, 0.25) is 0 Å². The molecule has 4 aliphatic rings. The number of hydrogen-bond acceptors (Lipinski definition) is 5. The molecule has 0 saturated heterocycles. The number of rotatable bonds is 2. The van der Waals surface area contributed by atoms with Crippen LogP contribution in [0.3, 0.4) is 0 Å². The molecule has 3 heterocycles. The number of nitriles is 2. The molecule has 3 aromatic heterocycles. The quantitative estimate of drug-likeness (QED) is 0.231. The van der Waals surface area contributed by atoms with Crippen LogP contribution < -0.4 is 0 Å². The predicted octanol–water partition coefficient (Wildman–Crippen LogP) is 9.96. The summed E-state index contributed by atoms with van der Waals surface area (Å²) in [5, 5.41) is 18.9. The van der Waals surface area contributed by atoms with Crippen LogP contribution >= 0.6 is 34.0 Å². The van der Waals surface area contributed by atoms with Crippen LogP contribution in [0, 0.1) is 35.8 Å². The molecule has 190 valence electrons. The molecule has 0 bridgehead atoms. The van der Waals surface area contributed by atoms with E-state index in [4.69, 9.17) is 13.1 Å². The molecule has 0 unspecified atom stereocenters. The van der Waals surface area contributed by atoms with Gasteiger partial charge >= 0.3 is 0 Å². The maximum Gasteiger partial charge on any atom is 0.263 e. The van der Waals surface area contributed by atoms with Gasteiger partial charge in [-0.05, 0) is 66.7 Å². The minimum absolute atomic E-state index is 0.00422. The molecule has 0 N–H and O–H groups in total. The second-order valence-electron chi connectivity index (χ2n) is 11.1. The third kappa shape index (κ3) is 3.35. The van der Waals surface area contributed by atoms with Gasteiger partial charge < -0.3 is 0 Å². The molecule has 0 aromatic carbocycles. The van der Waals surface area contributed by atoms with E-state index in [9.17, 15) is 10.5 Å². The Morgan fingerprint density at radius 3 is 2.03 bits per heavy atom. The van der Waals surface area contributed by atoms with Crippen LogP contribution in [-0.2, 0) is 10.8 Å². The molecule has 2 saturated carbocycles. The van der Waals surface area contributed by atoms with Gasteiger partial charge in [-0.3, -0.25) is 0 Å². The van der Waals surface area contributed by atoms with Crippen LogP contribution in [0.5, 0.6) is 0 Å². The number of thiophene rings is 3. The fourth-order valence-corrected chi connectivity index (χ4v) is 12.1. The van der Waals surface area contributed by atoms with Gasteiger partial charge in [0.25, 0.3) is 11.4 Å². The van der Waals surface area contributed by atoms with E-state index in [1.165, 1.54) is 79.3 Å². The van der Waals surface area contributed by atoms with Gasteiger partial charge in [-0.1, -0.05) is 38.5 Å². The van der Waals surface area contributed by atoms with E-state index in [1.54, 1.807) is 23.0 Å². The Balaban J connectivity index is 1.47. The molecule has 0 atom stereocenters. The summed E-state index contributed by atoms with van der Waals surface area (Å²) in [6, 6.07) is 6.29. The molecule has 4 nitrogen and oxygen atoms in total. The number of fused-ring (bicyclic) bond motifs is 10. The van der Waals surface area contributed by atoms with Gasteiger partial charge in [-0.15, -0.1) is 34.0 Å². The largest absolute Gasteiger partial charge is 0.263 e.